The van der Waals surface area contributed by atoms with Crippen LogP contribution in [0.4, 0.5) is 5.82 Å². The normalized spacial score (nSPS) is 16.6. The highest BCUT2D eigenvalue weighted by molar-refractivity contribution is 7.85. The molecule has 0 saturated carbocycles. The van der Waals surface area contributed by atoms with Gasteiger partial charge in [0, 0.05) is 48.1 Å². The van der Waals surface area contributed by atoms with Gasteiger partial charge in [-0.25, -0.2) is 4.98 Å². The molecule has 1 aliphatic heterocycles. The number of hydrogen-bond donors (Lipinski definition) is 1. The highest BCUT2D eigenvalue weighted by atomic mass is 32.2. The lowest BCUT2D eigenvalue weighted by molar-refractivity contribution is 0.0772. The Morgan fingerprint density at radius 1 is 1.50 bits per heavy atom. The third kappa shape index (κ3) is 2.87. The summed E-state index contributed by atoms with van der Waals surface area (Å²) in [5.41, 5.74) is 0.590. The van der Waals surface area contributed by atoms with Crippen LogP contribution in [-0.2, 0) is 10.8 Å². The van der Waals surface area contributed by atoms with E-state index >= 15 is 0 Å². The third-order valence-corrected chi connectivity index (χ3v) is 4.12. The summed E-state index contributed by atoms with van der Waals surface area (Å²) in [6, 6.07) is 3.54. The predicted molar refractivity (Wildman–Crippen MR) is 72.2 cm³/mol. The number of carbonyl (C=O) groups is 1. The van der Waals surface area contributed by atoms with E-state index in [9.17, 15) is 9.00 Å². The largest absolute Gasteiger partial charge is 0.370 e. The van der Waals surface area contributed by atoms with E-state index in [1.165, 1.54) is 0 Å². The van der Waals surface area contributed by atoms with Crippen LogP contribution in [0.15, 0.2) is 18.3 Å². The van der Waals surface area contributed by atoms with Gasteiger partial charge in [0.15, 0.2) is 0 Å². The Hall–Kier alpha value is -1.43. The van der Waals surface area contributed by atoms with Crippen LogP contribution < -0.4 is 5.32 Å². The van der Waals surface area contributed by atoms with Gasteiger partial charge in [-0.3, -0.25) is 9.00 Å². The molecule has 1 N–H and O–H groups in total. The van der Waals surface area contributed by atoms with E-state index in [0.717, 1.165) is 6.54 Å². The van der Waals surface area contributed by atoms with Crippen LogP contribution in [0.2, 0.25) is 0 Å². The van der Waals surface area contributed by atoms with Gasteiger partial charge in [-0.1, -0.05) is 0 Å². The van der Waals surface area contributed by atoms with Gasteiger partial charge in [0.25, 0.3) is 5.91 Å². The molecule has 1 saturated heterocycles. The standard InChI is InChI=1S/C12H17N3O2S/c1-2-13-11-10(4-3-5-14-11)12(16)15-6-8-18(17)9-7-15/h3-5H,2,6-9H2,1H3,(H,13,14). The van der Waals surface area contributed by atoms with E-state index in [0.29, 0.717) is 36.0 Å². The first-order chi connectivity index (χ1) is 8.72. The molecule has 1 aromatic rings. The summed E-state index contributed by atoms with van der Waals surface area (Å²) in [7, 11) is -0.768. The Labute approximate surface area is 109 Å². The summed E-state index contributed by atoms with van der Waals surface area (Å²) < 4.78 is 11.3. The molecule has 0 aliphatic carbocycles. The van der Waals surface area contributed by atoms with Crippen molar-refractivity contribution < 1.29 is 9.00 Å². The highest BCUT2D eigenvalue weighted by Gasteiger charge is 2.23. The summed E-state index contributed by atoms with van der Waals surface area (Å²) in [5.74, 6) is 1.73. The molecule has 2 rings (SSSR count). The zero-order valence-corrected chi connectivity index (χ0v) is 11.2. The number of aromatic nitrogens is 1. The van der Waals surface area contributed by atoms with Crippen LogP contribution in [0, 0.1) is 0 Å². The van der Waals surface area contributed by atoms with Crippen molar-refractivity contribution in [3.05, 3.63) is 23.9 Å². The number of nitrogens with zero attached hydrogens (tertiary/aromatic N) is 2. The molecule has 6 heteroatoms. The Bertz CT molecular complexity index is 454. The van der Waals surface area contributed by atoms with Crippen molar-refractivity contribution in [1.29, 1.82) is 0 Å². The fourth-order valence-corrected chi connectivity index (χ4v) is 2.95. The minimum Gasteiger partial charge on any atom is -0.370 e. The first-order valence-corrected chi connectivity index (χ1v) is 7.54. The first kappa shape index (κ1) is 13.0. The van der Waals surface area contributed by atoms with Gasteiger partial charge in [0.2, 0.25) is 0 Å². The summed E-state index contributed by atoms with van der Waals surface area (Å²) in [4.78, 5) is 18.3. The summed E-state index contributed by atoms with van der Waals surface area (Å²) >= 11 is 0. The molecule has 0 radical (unpaired) electrons. The maximum atomic E-state index is 12.3. The molecule has 1 fully saturated rings. The lowest BCUT2D eigenvalue weighted by Crippen LogP contribution is -2.42. The zero-order chi connectivity index (χ0) is 13.0. The van der Waals surface area contributed by atoms with Gasteiger partial charge in [0.05, 0.1) is 5.56 Å². The van der Waals surface area contributed by atoms with E-state index in [1.807, 2.05) is 6.92 Å². The van der Waals surface area contributed by atoms with Gasteiger partial charge < -0.3 is 10.2 Å². The second-order valence-corrected chi connectivity index (χ2v) is 5.77. The molecule has 98 valence electrons. The van der Waals surface area contributed by atoms with Crippen molar-refractivity contribution in [1.82, 2.24) is 9.88 Å². The molecule has 1 amide bonds. The molecule has 0 spiro atoms. The fourth-order valence-electron chi connectivity index (χ4n) is 1.90. The van der Waals surface area contributed by atoms with Crippen molar-refractivity contribution in [2.45, 2.75) is 6.92 Å². The summed E-state index contributed by atoms with van der Waals surface area (Å²) in [5, 5.41) is 3.09. The molecule has 1 aliphatic rings. The van der Waals surface area contributed by atoms with E-state index in [-0.39, 0.29) is 5.91 Å². The van der Waals surface area contributed by atoms with Gasteiger partial charge in [-0.15, -0.1) is 0 Å². The van der Waals surface area contributed by atoms with Crippen molar-refractivity contribution in [3.63, 3.8) is 0 Å². The van der Waals surface area contributed by atoms with Crippen molar-refractivity contribution in [3.8, 4) is 0 Å². The fraction of sp³-hybridized carbons (Fsp3) is 0.500. The number of hydrogen-bond acceptors (Lipinski definition) is 4. The maximum absolute atomic E-state index is 12.3. The van der Waals surface area contributed by atoms with Crippen LogP contribution in [0.25, 0.3) is 0 Å². The summed E-state index contributed by atoms with van der Waals surface area (Å²) in [6.45, 7) is 3.81. The molecule has 5 nitrogen and oxygen atoms in total. The number of carbonyl (C=O) groups excluding carboxylic acids is 1. The van der Waals surface area contributed by atoms with Crippen LogP contribution >= 0.6 is 0 Å². The molecule has 2 heterocycles. The Morgan fingerprint density at radius 2 is 2.22 bits per heavy atom. The average Bonchev–Trinajstić information content (AvgIpc) is 2.40. The lowest BCUT2D eigenvalue weighted by Gasteiger charge is -2.26. The van der Waals surface area contributed by atoms with Crippen molar-refractivity contribution >= 4 is 22.5 Å². The zero-order valence-electron chi connectivity index (χ0n) is 10.4. The van der Waals surface area contributed by atoms with Crippen LogP contribution in [0.3, 0.4) is 0 Å². The van der Waals surface area contributed by atoms with Gasteiger partial charge >= 0.3 is 0 Å². The van der Waals surface area contributed by atoms with Crippen LogP contribution in [-0.4, -0.2) is 51.1 Å². The van der Waals surface area contributed by atoms with Crippen LogP contribution in [0.1, 0.15) is 17.3 Å². The lowest BCUT2D eigenvalue weighted by atomic mass is 10.2. The second kappa shape index (κ2) is 5.95. The molecule has 0 unspecified atom stereocenters. The van der Waals surface area contributed by atoms with Gasteiger partial charge in [-0.05, 0) is 19.1 Å². The van der Waals surface area contributed by atoms with E-state index in [1.54, 1.807) is 23.2 Å². The number of rotatable bonds is 3. The quantitative estimate of drug-likeness (QED) is 0.876. The minimum absolute atomic E-state index is 0.0317. The molecule has 1 aromatic heterocycles. The van der Waals surface area contributed by atoms with Crippen LogP contribution in [0.5, 0.6) is 0 Å². The molecule has 0 bridgehead atoms. The van der Waals surface area contributed by atoms with E-state index in [2.05, 4.69) is 10.3 Å². The highest BCUT2D eigenvalue weighted by Crippen LogP contribution is 2.15. The molecule has 0 atom stereocenters. The van der Waals surface area contributed by atoms with Gasteiger partial charge in [-0.2, -0.15) is 0 Å². The minimum atomic E-state index is -0.768. The Balaban J connectivity index is 2.15. The molecule has 18 heavy (non-hydrogen) atoms. The maximum Gasteiger partial charge on any atom is 0.257 e. The van der Waals surface area contributed by atoms with E-state index < -0.39 is 10.8 Å². The first-order valence-electron chi connectivity index (χ1n) is 6.05. The number of nitrogens with one attached hydrogen (secondary N) is 1. The predicted octanol–water partition coefficient (Wildman–Crippen LogP) is 0.718. The SMILES string of the molecule is CCNc1ncccc1C(=O)N1CCS(=O)CC1. The summed E-state index contributed by atoms with van der Waals surface area (Å²) in [6.07, 6.45) is 1.67. The number of pyridine rings is 1. The van der Waals surface area contributed by atoms with E-state index in [4.69, 9.17) is 0 Å². The second-order valence-electron chi connectivity index (χ2n) is 4.07. The molecular weight excluding hydrogens is 250 g/mol. The molecule has 0 aromatic carbocycles. The van der Waals surface area contributed by atoms with Gasteiger partial charge in [0.1, 0.15) is 5.82 Å². The number of anilines is 1. The number of amides is 1. The smallest absolute Gasteiger partial charge is 0.257 e. The third-order valence-electron chi connectivity index (χ3n) is 2.85. The molecular formula is C12H17N3O2S. The monoisotopic (exact) mass is 267 g/mol. The Kier molecular flexibility index (Phi) is 4.30. The average molecular weight is 267 g/mol. The van der Waals surface area contributed by atoms with Crippen molar-refractivity contribution in [2.24, 2.45) is 0 Å². The topological polar surface area (TPSA) is 62.3 Å². The van der Waals surface area contributed by atoms with Crippen molar-refractivity contribution in [2.75, 3.05) is 36.5 Å². The Morgan fingerprint density at radius 3 is 2.89 bits per heavy atom.